The lowest BCUT2D eigenvalue weighted by Gasteiger charge is -2.13. The standard InChI is InChI=1S/C22H22N4O2S/c1-3-25-20(27)18(21(28)26(4-2)22(25)29)15-23-24-19(16-11-7-5-8-12-16)17-13-9-6-10-14-17/h5-15,27H,3-4H2,1-2H3. The summed E-state index contributed by atoms with van der Waals surface area (Å²) in [6.45, 7) is 4.52. The van der Waals surface area contributed by atoms with Gasteiger partial charge < -0.3 is 5.11 Å². The Hall–Kier alpha value is -3.32. The highest BCUT2D eigenvalue weighted by Gasteiger charge is 2.14. The number of aromatic hydroxyl groups is 1. The van der Waals surface area contributed by atoms with Gasteiger partial charge in [0, 0.05) is 24.2 Å². The van der Waals surface area contributed by atoms with E-state index in [0.29, 0.717) is 18.8 Å². The van der Waals surface area contributed by atoms with E-state index >= 15 is 0 Å². The second-order valence-electron chi connectivity index (χ2n) is 6.24. The molecule has 0 saturated heterocycles. The molecule has 0 spiro atoms. The summed E-state index contributed by atoms with van der Waals surface area (Å²) in [7, 11) is 0. The van der Waals surface area contributed by atoms with Crippen LogP contribution in [0.2, 0.25) is 0 Å². The molecule has 0 amide bonds. The van der Waals surface area contributed by atoms with E-state index in [1.165, 1.54) is 15.3 Å². The predicted octanol–water partition coefficient (Wildman–Crippen LogP) is 4.00. The minimum Gasteiger partial charge on any atom is -0.494 e. The zero-order valence-electron chi connectivity index (χ0n) is 16.3. The van der Waals surface area contributed by atoms with Crippen molar-refractivity contribution in [1.29, 1.82) is 0 Å². The summed E-state index contributed by atoms with van der Waals surface area (Å²) in [6.07, 6.45) is 1.29. The van der Waals surface area contributed by atoms with Gasteiger partial charge in [0.1, 0.15) is 11.3 Å². The first kappa shape index (κ1) is 20.4. The molecule has 0 atom stereocenters. The normalized spacial score (nSPS) is 11.0. The lowest BCUT2D eigenvalue weighted by molar-refractivity contribution is 0.399. The maximum absolute atomic E-state index is 12.7. The van der Waals surface area contributed by atoms with E-state index in [2.05, 4.69) is 10.2 Å². The summed E-state index contributed by atoms with van der Waals surface area (Å²) >= 11 is 5.30. The van der Waals surface area contributed by atoms with E-state index < -0.39 is 0 Å². The Morgan fingerprint density at radius 1 is 0.966 bits per heavy atom. The van der Waals surface area contributed by atoms with Crippen molar-refractivity contribution in [2.75, 3.05) is 0 Å². The van der Waals surface area contributed by atoms with E-state index in [4.69, 9.17) is 12.2 Å². The van der Waals surface area contributed by atoms with Gasteiger partial charge in [-0.05, 0) is 26.1 Å². The maximum atomic E-state index is 12.7. The number of hydrogen-bond donors (Lipinski definition) is 1. The number of hydrogen-bond acceptors (Lipinski definition) is 5. The molecule has 3 rings (SSSR count). The van der Waals surface area contributed by atoms with E-state index in [9.17, 15) is 9.90 Å². The molecule has 29 heavy (non-hydrogen) atoms. The second kappa shape index (κ2) is 9.25. The number of rotatable bonds is 6. The number of aromatic nitrogens is 2. The Labute approximate surface area is 174 Å². The molecule has 148 valence electrons. The molecule has 0 aliphatic carbocycles. The highest BCUT2D eigenvalue weighted by molar-refractivity contribution is 7.71. The van der Waals surface area contributed by atoms with Gasteiger partial charge in [-0.15, -0.1) is 5.10 Å². The van der Waals surface area contributed by atoms with Crippen molar-refractivity contribution in [3.05, 3.63) is 92.5 Å². The van der Waals surface area contributed by atoms with Crippen LogP contribution in [0.1, 0.15) is 30.5 Å². The third kappa shape index (κ3) is 4.25. The molecule has 1 N–H and O–H groups in total. The molecule has 0 saturated carbocycles. The Balaban J connectivity index is 2.12. The lowest BCUT2D eigenvalue weighted by atomic mass is 10.0. The fourth-order valence-electron chi connectivity index (χ4n) is 3.00. The molecule has 0 aliphatic rings. The molecule has 0 fully saturated rings. The zero-order chi connectivity index (χ0) is 20.8. The first-order valence-corrected chi connectivity index (χ1v) is 9.77. The van der Waals surface area contributed by atoms with Crippen molar-refractivity contribution in [1.82, 2.24) is 9.13 Å². The van der Waals surface area contributed by atoms with Crippen LogP contribution < -0.4 is 5.56 Å². The Bertz CT molecular complexity index is 1120. The summed E-state index contributed by atoms with van der Waals surface area (Å²) < 4.78 is 3.21. The average molecular weight is 407 g/mol. The summed E-state index contributed by atoms with van der Waals surface area (Å²) in [4.78, 5) is 12.7. The van der Waals surface area contributed by atoms with Gasteiger partial charge in [0.05, 0.1) is 6.21 Å². The van der Waals surface area contributed by atoms with Gasteiger partial charge in [0.15, 0.2) is 4.77 Å². The Morgan fingerprint density at radius 2 is 1.48 bits per heavy atom. The van der Waals surface area contributed by atoms with Gasteiger partial charge in [-0.1, -0.05) is 60.7 Å². The summed E-state index contributed by atoms with van der Waals surface area (Å²) in [5.41, 5.74) is 2.14. The third-order valence-electron chi connectivity index (χ3n) is 4.51. The van der Waals surface area contributed by atoms with Crippen molar-refractivity contribution < 1.29 is 5.11 Å². The van der Waals surface area contributed by atoms with Crippen LogP contribution in [0.15, 0.2) is 75.7 Å². The molecule has 1 heterocycles. The Morgan fingerprint density at radius 3 is 1.97 bits per heavy atom. The maximum Gasteiger partial charge on any atom is 0.267 e. The van der Waals surface area contributed by atoms with Crippen molar-refractivity contribution in [3.8, 4) is 5.88 Å². The van der Waals surface area contributed by atoms with Gasteiger partial charge in [-0.3, -0.25) is 13.9 Å². The van der Waals surface area contributed by atoms with Crippen molar-refractivity contribution in [3.63, 3.8) is 0 Å². The average Bonchev–Trinajstić information content (AvgIpc) is 2.75. The van der Waals surface area contributed by atoms with E-state index in [1.54, 1.807) is 0 Å². The number of nitrogens with zero attached hydrogens (tertiary/aromatic N) is 4. The van der Waals surface area contributed by atoms with Crippen molar-refractivity contribution in [2.45, 2.75) is 26.9 Å². The molecular formula is C22H22N4O2S. The fraction of sp³-hybridized carbons (Fsp3) is 0.182. The molecule has 2 aromatic carbocycles. The highest BCUT2D eigenvalue weighted by Crippen LogP contribution is 2.14. The lowest BCUT2D eigenvalue weighted by Crippen LogP contribution is -2.27. The van der Waals surface area contributed by atoms with Gasteiger partial charge in [0.2, 0.25) is 5.88 Å². The summed E-state index contributed by atoms with van der Waals surface area (Å²) in [6, 6.07) is 19.3. The van der Waals surface area contributed by atoms with Crippen molar-refractivity contribution in [2.24, 2.45) is 10.2 Å². The van der Waals surface area contributed by atoms with Crippen LogP contribution in [0.4, 0.5) is 0 Å². The quantitative estimate of drug-likeness (QED) is 0.382. The van der Waals surface area contributed by atoms with Crippen LogP contribution in [0.3, 0.4) is 0 Å². The predicted molar refractivity (Wildman–Crippen MR) is 119 cm³/mol. The van der Waals surface area contributed by atoms with E-state index in [0.717, 1.165) is 11.1 Å². The van der Waals surface area contributed by atoms with Gasteiger partial charge in [-0.2, -0.15) is 5.10 Å². The van der Waals surface area contributed by atoms with Gasteiger partial charge in [-0.25, -0.2) is 0 Å². The SMILES string of the molecule is CCn1c(O)c(C=NN=C(c2ccccc2)c2ccccc2)c(=O)n(CC)c1=S. The van der Waals surface area contributed by atoms with Gasteiger partial charge in [0.25, 0.3) is 5.56 Å². The number of benzene rings is 2. The minimum absolute atomic E-state index is 0.0616. The molecule has 0 bridgehead atoms. The summed E-state index contributed by atoms with van der Waals surface area (Å²) in [5.74, 6) is -0.202. The molecule has 7 heteroatoms. The molecule has 0 unspecified atom stereocenters. The second-order valence-corrected chi connectivity index (χ2v) is 6.60. The van der Waals surface area contributed by atoms with Crippen LogP contribution in [0.25, 0.3) is 0 Å². The Kier molecular flexibility index (Phi) is 6.51. The molecule has 0 radical (unpaired) electrons. The van der Waals surface area contributed by atoms with Crippen LogP contribution in [-0.4, -0.2) is 26.2 Å². The zero-order valence-corrected chi connectivity index (χ0v) is 17.1. The molecule has 0 aliphatic heterocycles. The first-order chi connectivity index (χ1) is 14.1. The first-order valence-electron chi connectivity index (χ1n) is 9.36. The van der Waals surface area contributed by atoms with E-state index in [-0.39, 0.29) is 21.8 Å². The topological polar surface area (TPSA) is 71.9 Å². The molecule has 3 aromatic rings. The third-order valence-corrected chi connectivity index (χ3v) is 4.95. The molecular weight excluding hydrogens is 384 g/mol. The summed E-state index contributed by atoms with van der Waals surface area (Å²) in [5, 5.41) is 19.0. The van der Waals surface area contributed by atoms with Crippen LogP contribution in [0.5, 0.6) is 5.88 Å². The monoisotopic (exact) mass is 406 g/mol. The van der Waals surface area contributed by atoms with Gasteiger partial charge >= 0.3 is 0 Å². The van der Waals surface area contributed by atoms with E-state index in [1.807, 2.05) is 74.5 Å². The van der Waals surface area contributed by atoms with Crippen LogP contribution in [-0.2, 0) is 13.1 Å². The molecule has 1 aromatic heterocycles. The van der Waals surface area contributed by atoms with Crippen LogP contribution in [0, 0.1) is 4.77 Å². The minimum atomic E-state index is -0.389. The molecule has 6 nitrogen and oxygen atoms in total. The fourth-order valence-corrected chi connectivity index (χ4v) is 3.43. The highest BCUT2D eigenvalue weighted by atomic mass is 32.1. The largest absolute Gasteiger partial charge is 0.494 e. The van der Waals surface area contributed by atoms with Crippen molar-refractivity contribution >= 4 is 24.1 Å². The van der Waals surface area contributed by atoms with Crippen LogP contribution >= 0.6 is 12.2 Å². The smallest absolute Gasteiger partial charge is 0.267 e.